The minimum Gasteiger partial charge on any atom is -0.507 e. The number of aromatic hydroxyl groups is 1. The molecule has 1 atom stereocenters. The topological polar surface area (TPSA) is 88.9 Å². The molecule has 1 aromatic heterocycles. The number of halogens is 2. The second-order valence-corrected chi connectivity index (χ2v) is 10.8. The molecule has 0 aliphatic carbocycles. The maximum atomic E-state index is 13.9. The summed E-state index contributed by atoms with van der Waals surface area (Å²) in [4.78, 5) is 20.1. The average Bonchev–Trinajstić information content (AvgIpc) is 3.67. The first-order valence-electron chi connectivity index (χ1n) is 13.9. The number of anilines is 1. The van der Waals surface area contributed by atoms with E-state index in [1.165, 1.54) is 0 Å². The molecule has 1 fully saturated rings. The molecule has 3 heterocycles. The highest BCUT2D eigenvalue weighted by Crippen LogP contribution is 2.38. The Kier molecular flexibility index (Phi) is 7.80. The van der Waals surface area contributed by atoms with Crippen LogP contribution in [-0.4, -0.2) is 51.3 Å². The molecule has 42 heavy (non-hydrogen) atoms. The van der Waals surface area contributed by atoms with Crippen LogP contribution >= 0.6 is 0 Å². The number of ether oxygens (including phenoxy) is 2. The van der Waals surface area contributed by atoms with Crippen molar-refractivity contribution in [2.75, 3.05) is 25.1 Å². The van der Waals surface area contributed by atoms with Crippen molar-refractivity contribution in [2.45, 2.75) is 38.5 Å². The third-order valence-corrected chi connectivity index (χ3v) is 7.73. The highest BCUT2D eigenvalue weighted by molar-refractivity contribution is 6.00. The maximum absolute atomic E-state index is 13.9. The van der Waals surface area contributed by atoms with Gasteiger partial charge in [-0.05, 0) is 53.8 Å². The predicted octanol–water partition coefficient (Wildman–Crippen LogP) is 5.71. The minimum absolute atomic E-state index is 0.0594. The summed E-state index contributed by atoms with van der Waals surface area (Å²) in [5.74, 6) is -1.08. The number of rotatable bonds is 8. The third-order valence-electron chi connectivity index (χ3n) is 7.73. The van der Waals surface area contributed by atoms with Crippen molar-refractivity contribution in [2.24, 2.45) is 7.05 Å². The monoisotopic (exact) mass is 574 g/mol. The summed E-state index contributed by atoms with van der Waals surface area (Å²) in [5, 5.41) is 14.4. The van der Waals surface area contributed by atoms with E-state index >= 15 is 0 Å². The number of amides is 1. The van der Waals surface area contributed by atoms with Gasteiger partial charge >= 0.3 is 0 Å². The number of fused-ring (bicyclic) bond motifs is 1. The number of hydrogen-bond acceptors (Lipinski definition) is 6. The van der Waals surface area contributed by atoms with Gasteiger partial charge in [0.15, 0.2) is 0 Å². The summed E-state index contributed by atoms with van der Waals surface area (Å²) < 4.78 is 40.6. The largest absolute Gasteiger partial charge is 0.507 e. The van der Waals surface area contributed by atoms with E-state index in [9.17, 15) is 18.7 Å². The number of phenolic OH excluding ortho intramolecular Hbond substituents is 1. The second-order valence-electron chi connectivity index (χ2n) is 10.8. The van der Waals surface area contributed by atoms with Crippen LogP contribution in [0.3, 0.4) is 0 Å². The van der Waals surface area contributed by atoms with Gasteiger partial charge in [0.25, 0.3) is 12.3 Å². The Labute approximate surface area is 242 Å². The van der Waals surface area contributed by atoms with Crippen LogP contribution in [0.2, 0.25) is 0 Å². The lowest BCUT2D eigenvalue weighted by Crippen LogP contribution is -2.37. The van der Waals surface area contributed by atoms with Crippen LogP contribution in [0.5, 0.6) is 11.5 Å². The van der Waals surface area contributed by atoms with E-state index in [1.54, 1.807) is 11.2 Å². The van der Waals surface area contributed by atoms with Crippen molar-refractivity contribution in [3.63, 3.8) is 0 Å². The standard InChI is InChI=1S/C32H32F2N4O4/c1-37-16-27(35-19-37)22-11-21-7-9-38(15-25(21)26(12-22)36-24-8-10-41-18-24)32(40)30-28(39)13-23(31(33)34)14-29(30)42-17-20-5-3-2-4-6-20/h2-6,11-14,16,19,24,31,36,39H,7-10,15,17-18H2,1H3/t24-/m0/s1. The Balaban J connectivity index is 1.32. The van der Waals surface area contributed by atoms with E-state index in [4.69, 9.17) is 9.47 Å². The lowest BCUT2D eigenvalue weighted by atomic mass is 9.93. The van der Waals surface area contributed by atoms with Crippen molar-refractivity contribution in [1.29, 1.82) is 0 Å². The van der Waals surface area contributed by atoms with Crippen molar-refractivity contribution < 1.29 is 28.2 Å². The lowest BCUT2D eigenvalue weighted by molar-refractivity contribution is 0.0726. The van der Waals surface area contributed by atoms with E-state index in [2.05, 4.69) is 22.4 Å². The van der Waals surface area contributed by atoms with Gasteiger partial charge < -0.3 is 29.4 Å². The number of alkyl halides is 2. The molecule has 1 amide bonds. The zero-order valence-electron chi connectivity index (χ0n) is 23.2. The first-order chi connectivity index (χ1) is 20.4. The molecule has 0 radical (unpaired) electrons. The number of aromatic nitrogens is 2. The van der Waals surface area contributed by atoms with Gasteiger partial charge in [0, 0.05) is 49.8 Å². The van der Waals surface area contributed by atoms with Crippen LogP contribution in [-0.2, 0) is 31.4 Å². The van der Waals surface area contributed by atoms with Crippen LogP contribution in [0.1, 0.15) is 45.5 Å². The Morgan fingerprint density at radius 2 is 2.05 bits per heavy atom. The fourth-order valence-corrected chi connectivity index (χ4v) is 5.52. The van der Waals surface area contributed by atoms with Crippen LogP contribution in [0.25, 0.3) is 11.3 Å². The van der Waals surface area contributed by atoms with E-state index in [1.807, 2.05) is 48.1 Å². The molecule has 8 nitrogen and oxygen atoms in total. The number of imidazole rings is 1. The third kappa shape index (κ3) is 5.80. The quantitative estimate of drug-likeness (QED) is 0.280. The Hall–Kier alpha value is -4.44. The lowest BCUT2D eigenvalue weighted by Gasteiger charge is -2.32. The SMILES string of the molecule is Cn1cnc(-c2cc3c(c(N[C@H]4CCOC4)c2)CN(C(=O)c2c(O)cc(C(F)F)cc2OCc2ccccc2)CC3)c1. The highest BCUT2D eigenvalue weighted by Gasteiger charge is 2.30. The van der Waals surface area contributed by atoms with Gasteiger partial charge in [0.05, 0.1) is 24.7 Å². The van der Waals surface area contributed by atoms with Crippen LogP contribution in [0.15, 0.2) is 67.1 Å². The molecule has 0 spiro atoms. The van der Waals surface area contributed by atoms with Crippen molar-refractivity contribution in [3.05, 3.63) is 94.9 Å². The molecular weight excluding hydrogens is 542 g/mol. The number of benzene rings is 3. The first kappa shape index (κ1) is 27.7. The average molecular weight is 575 g/mol. The molecule has 0 bridgehead atoms. The maximum Gasteiger partial charge on any atom is 0.264 e. The van der Waals surface area contributed by atoms with Gasteiger partial charge in [-0.1, -0.05) is 30.3 Å². The number of nitrogens with one attached hydrogen (secondary N) is 1. The van der Waals surface area contributed by atoms with Crippen LogP contribution < -0.4 is 10.1 Å². The zero-order chi connectivity index (χ0) is 29.2. The summed E-state index contributed by atoms with van der Waals surface area (Å²) in [6, 6.07) is 15.6. The molecule has 2 aliphatic rings. The summed E-state index contributed by atoms with van der Waals surface area (Å²) in [5.41, 5.74) is 5.07. The summed E-state index contributed by atoms with van der Waals surface area (Å²) in [6.45, 7) is 2.00. The number of aryl methyl sites for hydroxylation is 1. The van der Waals surface area contributed by atoms with Crippen LogP contribution in [0.4, 0.5) is 14.5 Å². The molecule has 2 N–H and O–H groups in total. The smallest absolute Gasteiger partial charge is 0.264 e. The number of phenols is 1. The van der Waals surface area contributed by atoms with Crippen LogP contribution in [0, 0.1) is 0 Å². The Morgan fingerprint density at radius 3 is 2.76 bits per heavy atom. The molecule has 3 aromatic carbocycles. The zero-order valence-corrected chi connectivity index (χ0v) is 23.2. The number of carbonyl (C=O) groups is 1. The van der Waals surface area contributed by atoms with Gasteiger partial charge in [0.2, 0.25) is 0 Å². The Morgan fingerprint density at radius 1 is 1.21 bits per heavy atom. The van der Waals surface area contributed by atoms with Gasteiger partial charge in [-0.3, -0.25) is 4.79 Å². The fourth-order valence-electron chi connectivity index (χ4n) is 5.52. The van der Waals surface area contributed by atoms with Gasteiger partial charge in [-0.25, -0.2) is 13.8 Å². The van der Waals surface area contributed by atoms with E-state index in [0.717, 1.165) is 52.2 Å². The van der Waals surface area contributed by atoms with Gasteiger partial charge in [-0.2, -0.15) is 0 Å². The molecule has 218 valence electrons. The normalized spacial score (nSPS) is 16.5. The minimum atomic E-state index is -2.83. The first-order valence-corrected chi connectivity index (χ1v) is 13.9. The second kappa shape index (κ2) is 11.8. The molecular formula is C32H32F2N4O4. The molecule has 10 heteroatoms. The van der Waals surface area contributed by atoms with E-state index in [-0.39, 0.29) is 30.5 Å². The fraction of sp³-hybridized carbons (Fsp3) is 0.312. The number of nitrogens with zero attached hydrogens (tertiary/aromatic N) is 3. The summed E-state index contributed by atoms with van der Waals surface area (Å²) >= 11 is 0. The number of hydrogen-bond donors (Lipinski definition) is 2. The molecule has 0 saturated carbocycles. The van der Waals surface area contributed by atoms with Crippen molar-refractivity contribution in [3.8, 4) is 22.8 Å². The van der Waals surface area contributed by atoms with Gasteiger partial charge in [-0.15, -0.1) is 0 Å². The molecule has 0 unspecified atom stereocenters. The van der Waals surface area contributed by atoms with Crippen molar-refractivity contribution in [1.82, 2.24) is 14.5 Å². The summed E-state index contributed by atoms with van der Waals surface area (Å²) in [6.07, 6.45) is 2.34. The number of carbonyl (C=O) groups excluding carboxylic acids is 1. The Bertz CT molecular complexity index is 1590. The van der Waals surface area contributed by atoms with Crippen molar-refractivity contribution >= 4 is 11.6 Å². The molecule has 2 aliphatic heterocycles. The van der Waals surface area contributed by atoms with E-state index < -0.39 is 23.6 Å². The predicted molar refractivity (Wildman–Crippen MR) is 154 cm³/mol. The molecule has 6 rings (SSSR count). The molecule has 4 aromatic rings. The summed E-state index contributed by atoms with van der Waals surface area (Å²) in [7, 11) is 1.93. The van der Waals surface area contributed by atoms with E-state index in [0.29, 0.717) is 26.2 Å². The molecule has 1 saturated heterocycles. The van der Waals surface area contributed by atoms with Gasteiger partial charge in [0.1, 0.15) is 23.7 Å². The highest BCUT2D eigenvalue weighted by atomic mass is 19.3.